The number of nitrogens with zero attached hydrogens (tertiary/aromatic N) is 1. The molecule has 132 valence electrons. The number of carbonyl (C=O) groups is 1. The molecule has 0 aliphatic carbocycles. The third kappa shape index (κ3) is 5.05. The topological polar surface area (TPSA) is 32.3 Å². The number of nitrogens with one attached hydrogen (secondary N) is 1. The Morgan fingerprint density at radius 1 is 1.20 bits per heavy atom. The molecule has 0 saturated carbocycles. The molecule has 3 nitrogen and oxygen atoms in total. The predicted molar refractivity (Wildman–Crippen MR) is 102 cm³/mol. The van der Waals surface area contributed by atoms with E-state index in [2.05, 4.69) is 26.1 Å². The molecule has 5 heteroatoms. The molecular formula is C20H22BrFN2O. The minimum Gasteiger partial charge on any atom is -0.371 e. The van der Waals surface area contributed by atoms with Gasteiger partial charge in [0.1, 0.15) is 5.82 Å². The Labute approximate surface area is 156 Å². The van der Waals surface area contributed by atoms with E-state index in [-0.39, 0.29) is 11.7 Å². The zero-order chi connectivity index (χ0) is 17.6. The van der Waals surface area contributed by atoms with E-state index in [9.17, 15) is 9.18 Å². The molecule has 1 heterocycles. The lowest BCUT2D eigenvalue weighted by molar-refractivity contribution is -0.121. The summed E-state index contributed by atoms with van der Waals surface area (Å²) in [6.45, 7) is 2.55. The van der Waals surface area contributed by atoms with Gasteiger partial charge in [0.15, 0.2) is 0 Å². The van der Waals surface area contributed by atoms with Crippen molar-refractivity contribution >= 4 is 27.5 Å². The minimum absolute atomic E-state index is 0.0935. The highest BCUT2D eigenvalue weighted by molar-refractivity contribution is 9.10. The van der Waals surface area contributed by atoms with Crippen LogP contribution in [0.2, 0.25) is 0 Å². The molecule has 2 aromatic carbocycles. The maximum Gasteiger partial charge on any atom is 0.220 e. The summed E-state index contributed by atoms with van der Waals surface area (Å²) in [6.07, 6.45) is 2.28. The molecule has 3 rings (SSSR count). The van der Waals surface area contributed by atoms with Crippen LogP contribution in [0.3, 0.4) is 0 Å². The molecule has 1 fully saturated rings. The Morgan fingerprint density at radius 2 is 1.96 bits per heavy atom. The van der Waals surface area contributed by atoms with Crippen LogP contribution in [0.4, 0.5) is 10.1 Å². The maximum atomic E-state index is 13.0. The van der Waals surface area contributed by atoms with Gasteiger partial charge in [-0.15, -0.1) is 0 Å². The Hall–Kier alpha value is -1.88. The van der Waals surface area contributed by atoms with Crippen LogP contribution in [0.25, 0.3) is 0 Å². The number of aryl methyl sites for hydroxylation is 1. The Kier molecular flexibility index (Phi) is 6.08. The first-order valence-corrected chi connectivity index (χ1v) is 9.42. The molecule has 1 amide bonds. The average Bonchev–Trinajstić information content (AvgIpc) is 3.09. The smallest absolute Gasteiger partial charge is 0.220 e. The Bertz CT molecular complexity index is 720. The van der Waals surface area contributed by atoms with Gasteiger partial charge in [0.05, 0.1) is 0 Å². The van der Waals surface area contributed by atoms with Gasteiger partial charge in [0.2, 0.25) is 5.91 Å². The third-order valence-corrected chi connectivity index (χ3v) is 5.42. The van der Waals surface area contributed by atoms with Crippen molar-refractivity contribution in [2.75, 3.05) is 24.5 Å². The highest BCUT2D eigenvalue weighted by atomic mass is 79.9. The zero-order valence-electron chi connectivity index (χ0n) is 14.1. The number of benzene rings is 2. The summed E-state index contributed by atoms with van der Waals surface area (Å²) in [4.78, 5) is 14.3. The lowest BCUT2D eigenvalue weighted by atomic mass is 10.1. The van der Waals surface area contributed by atoms with Crippen molar-refractivity contribution in [3.8, 4) is 0 Å². The fourth-order valence-corrected chi connectivity index (χ4v) is 3.66. The molecule has 0 aromatic heterocycles. The summed E-state index contributed by atoms with van der Waals surface area (Å²) in [7, 11) is 0. The van der Waals surface area contributed by atoms with Crippen LogP contribution in [-0.4, -0.2) is 25.5 Å². The van der Waals surface area contributed by atoms with Gasteiger partial charge < -0.3 is 10.2 Å². The van der Waals surface area contributed by atoms with Gasteiger partial charge in [0, 0.05) is 36.2 Å². The number of amides is 1. The van der Waals surface area contributed by atoms with E-state index in [1.165, 1.54) is 12.1 Å². The predicted octanol–water partition coefficient (Wildman–Crippen LogP) is 4.16. The number of carbonyl (C=O) groups excluding carboxylic acids is 1. The van der Waals surface area contributed by atoms with Crippen molar-refractivity contribution in [2.24, 2.45) is 5.92 Å². The van der Waals surface area contributed by atoms with Gasteiger partial charge >= 0.3 is 0 Å². The van der Waals surface area contributed by atoms with Gasteiger partial charge in [-0.3, -0.25) is 4.79 Å². The molecule has 1 saturated heterocycles. The highest BCUT2D eigenvalue weighted by Crippen LogP contribution is 2.23. The molecule has 1 unspecified atom stereocenters. The summed E-state index contributed by atoms with van der Waals surface area (Å²) < 4.78 is 14.1. The lowest BCUT2D eigenvalue weighted by Crippen LogP contribution is -2.31. The lowest BCUT2D eigenvalue weighted by Gasteiger charge is -2.18. The van der Waals surface area contributed by atoms with Crippen molar-refractivity contribution in [3.63, 3.8) is 0 Å². The maximum absolute atomic E-state index is 13.0. The van der Waals surface area contributed by atoms with Crippen LogP contribution >= 0.6 is 15.9 Å². The number of hydrogen-bond acceptors (Lipinski definition) is 2. The van der Waals surface area contributed by atoms with Gasteiger partial charge in [-0.2, -0.15) is 0 Å². The van der Waals surface area contributed by atoms with Crippen LogP contribution < -0.4 is 10.2 Å². The normalized spacial score (nSPS) is 16.9. The summed E-state index contributed by atoms with van der Waals surface area (Å²) >= 11 is 3.51. The van der Waals surface area contributed by atoms with E-state index in [4.69, 9.17) is 0 Å². The number of rotatable bonds is 6. The fourth-order valence-electron chi connectivity index (χ4n) is 3.18. The zero-order valence-corrected chi connectivity index (χ0v) is 15.6. The number of anilines is 1. The second kappa shape index (κ2) is 8.48. The van der Waals surface area contributed by atoms with E-state index in [1.54, 1.807) is 0 Å². The molecule has 1 aliphatic rings. The standard InChI is InChI=1S/C20H22BrFN2O/c21-19-4-2-1-3-16(19)5-10-20(25)23-13-15-11-12-24(14-15)18-8-6-17(22)7-9-18/h1-4,6-9,15H,5,10-14H2,(H,23,25). The van der Waals surface area contributed by atoms with E-state index in [0.717, 1.165) is 41.7 Å². The van der Waals surface area contributed by atoms with Crippen molar-refractivity contribution in [1.29, 1.82) is 0 Å². The molecule has 1 aliphatic heterocycles. The first-order chi connectivity index (χ1) is 12.1. The van der Waals surface area contributed by atoms with Crippen LogP contribution in [0.15, 0.2) is 53.0 Å². The molecule has 0 spiro atoms. The molecule has 1 N–H and O–H groups in total. The molecule has 2 aromatic rings. The summed E-state index contributed by atoms with van der Waals surface area (Å²) in [6, 6.07) is 14.6. The molecule has 1 atom stereocenters. The first kappa shape index (κ1) is 17.9. The minimum atomic E-state index is -0.211. The highest BCUT2D eigenvalue weighted by Gasteiger charge is 2.23. The van der Waals surface area contributed by atoms with Crippen LogP contribution in [0, 0.1) is 11.7 Å². The molecule has 0 bridgehead atoms. The van der Waals surface area contributed by atoms with Gasteiger partial charge in [-0.1, -0.05) is 34.1 Å². The van der Waals surface area contributed by atoms with Crippen LogP contribution in [0.1, 0.15) is 18.4 Å². The molecule has 0 radical (unpaired) electrons. The second-order valence-electron chi connectivity index (χ2n) is 6.47. The van der Waals surface area contributed by atoms with Gasteiger partial charge in [-0.05, 0) is 54.7 Å². The van der Waals surface area contributed by atoms with Gasteiger partial charge in [-0.25, -0.2) is 4.39 Å². The largest absolute Gasteiger partial charge is 0.371 e. The van der Waals surface area contributed by atoms with Crippen molar-refractivity contribution in [2.45, 2.75) is 19.3 Å². The van der Waals surface area contributed by atoms with Crippen molar-refractivity contribution < 1.29 is 9.18 Å². The van der Waals surface area contributed by atoms with Crippen LogP contribution in [0.5, 0.6) is 0 Å². The first-order valence-electron chi connectivity index (χ1n) is 8.62. The Morgan fingerprint density at radius 3 is 2.72 bits per heavy atom. The van der Waals surface area contributed by atoms with E-state index >= 15 is 0 Å². The van der Waals surface area contributed by atoms with E-state index in [0.29, 0.717) is 18.9 Å². The van der Waals surface area contributed by atoms with Crippen LogP contribution in [-0.2, 0) is 11.2 Å². The average molecular weight is 405 g/mol. The van der Waals surface area contributed by atoms with Crippen molar-refractivity contribution in [3.05, 3.63) is 64.4 Å². The summed E-state index contributed by atoms with van der Waals surface area (Å²) in [5, 5.41) is 3.05. The number of hydrogen-bond donors (Lipinski definition) is 1. The van der Waals surface area contributed by atoms with E-state index < -0.39 is 0 Å². The van der Waals surface area contributed by atoms with Crippen molar-refractivity contribution in [1.82, 2.24) is 5.32 Å². The number of halogens is 2. The fraction of sp³-hybridized carbons (Fsp3) is 0.350. The summed E-state index contributed by atoms with van der Waals surface area (Å²) in [5.74, 6) is 0.324. The quantitative estimate of drug-likeness (QED) is 0.783. The van der Waals surface area contributed by atoms with E-state index in [1.807, 2.05) is 36.4 Å². The van der Waals surface area contributed by atoms with Gasteiger partial charge in [0.25, 0.3) is 0 Å². The Balaban J connectivity index is 1.41. The monoisotopic (exact) mass is 404 g/mol. The third-order valence-electron chi connectivity index (χ3n) is 4.64. The molecule has 25 heavy (non-hydrogen) atoms. The summed E-state index contributed by atoms with van der Waals surface area (Å²) in [5.41, 5.74) is 2.20. The second-order valence-corrected chi connectivity index (χ2v) is 7.33. The molecular weight excluding hydrogens is 383 g/mol. The SMILES string of the molecule is O=C(CCc1ccccc1Br)NCC1CCN(c2ccc(F)cc2)C1.